The SMILES string of the molecule is CC(C)N(Cc1cccs1)c1nc2c(s1)C(N)CCC2. The van der Waals surface area contributed by atoms with Crippen LogP contribution in [-0.2, 0) is 13.0 Å². The summed E-state index contributed by atoms with van der Waals surface area (Å²) in [5, 5.41) is 3.27. The van der Waals surface area contributed by atoms with Crippen LogP contribution in [0.1, 0.15) is 48.2 Å². The molecule has 0 bridgehead atoms. The highest BCUT2D eigenvalue weighted by Gasteiger charge is 2.24. The van der Waals surface area contributed by atoms with Crippen molar-refractivity contribution in [3.05, 3.63) is 33.0 Å². The predicted molar refractivity (Wildman–Crippen MR) is 87.6 cm³/mol. The van der Waals surface area contributed by atoms with Gasteiger partial charge in [0.15, 0.2) is 5.13 Å². The number of anilines is 1. The van der Waals surface area contributed by atoms with Crippen LogP contribution in [0.25, 0.3) is 0 Å². The minimum absolute atomic E-state index is 0.195. The van der Waals surface area contributed by atoms with E-state index in [1.165, 1.54) is 21.9 Å². The highest BCUT2D eigenvalue weighted by molar-refractivity contribution is 7.15. The van der Waals surface area contributed by atoms with Crippen LogP contribution in [0.3, 0.4) is 0 Å². The Morgan fingerprint density at radius 1 is 1.50 bits per heavy atom. The van der Waals surface area contributed by atoms with Crippen LogP contribution in [0.5, 0.6) is 0 Å². The van der Waals surface area contributed by atoms with Gasteiger partial charge in [-0.3, -0.25) is 0 Å². The minimum atomic E-state index is 0.195. The van der Waals surface area contributed by atoms with E-state index in [0.717, 1.165) is 24.5 Å². The summed E-state index contributed by atoms with van der Waals surface area (Å²) in [7, 11) is 0. The van der Waals surface area contributed by atoms with Gasteiger partial charge >= 0.3 is 0 Å². The molecular formula is C15H21N3S2. The second-order valence-electron chi connectivity index (χ2n) is 5.61. The average molecular weight is 307 g/mol. The number of hydrogen-bond donors (Lipinski definition) is 1. The van der Waals surface area contributed by atoms with E-state index in [9.17, 15) is 0 Å². The number of thiophene rings is 1. The number of nitrogens with two attached hydrogens (primary N) is 1. The van der Waals surface area contributed by atoms with Gasteiger partial charge in [0.2, 0.25) is 0 Å². The molecule has 0 saturated heterocycles. The first-order chi connectivity index (χ1) is 9.65. The largest absolute Gasteiger partial charge is 0.341 e. The van der Waals surface area contributed by atoms with E-state index in [4.69, 9.17) is 10.7 Å². The summed E-state index contributed by atoms with van der Waals surface area (Å²) in [5.41, 5.74) is 7.46. The fourth-order valence-electron chi connectivity index (χ4n) is 2.60. The highest BCUT2D eigenvalue weighted by Crippen LogP contribution is 2.37. The molecule has 0 spiro atoms. The molecule has 0 saturated carbocycles. The second-order valence-corrected chi connectivity index (χ2v) is 7.65. The number of rotatable bonds is 4. The van der Waals surface area contributed by atoms with Crippen LogP contribution in [-0.4, -0.2) is 11.0 Å². The maximum absolute atomic E-state index is 6.23. The van der Waals surface area contributed by atoms with Crippen LogP contribution in [0, 0.1) is 0 Å². The number of nitrogens with zero attached hydrogens (tertiary/aromatic N) is 2. The van der Waals surface area contributed by atoms with Gasteiger partial charge in [0.1, 0.15) is 0 Å². The molecule has 1 aliphatic rings. The van der Waals surface area contributed by atoms with Crippen molar-refractivity contribution in [3.8, 4) is 0 Å². The lowest BCUT2D eigenvalue weighted by Gasteiger charge is -2.25. The molecule has 1 aliphatic carbocycles. The van der Waals surface area contributed by atoms with Gasteiger partial charge < -0.3 is 10.6 Å². The lowest BCUT2D eigenvalue weighted by atomic mass is 9.99. The maximum Gasteiger partial charge on any atom is 0.186 e. The molecule has 0 fully saturated rings. The standard InChI is InChI=1S/C15H21N3S2/c1-10(2)18(9-11-5-4-8-19-11)15-17-13-7-3-6-12(16)14(13)20-15/h4-5,8,10,12H,3,6-7,9,16H2,1-2H3. The van der Waals surface area contributed by atoms with Gasteiger partial charge in [-0.05, 0) is 44.6 Å². The quantitative estimate of drug-likeness (QED) is 0.930. The summed E-state index contributed by atoms with van der Waals surface area (Å²) in [4.78, 5) is 9.96. The molecule has 5 heteroatoms. The summed E-state index contributed by atoms with van der Waals surface area (Å²) in [5.74, 6) is 0. The van der Waals surface area contributed by atoms with Gasteiger partial charge in [0.25, 0.3) is 0 Å². The molecule has 0 aliphatic heterocycles. The van der Waals surface area contributed by atoms with Gasteiger partial charge in [-0.15, -0.1) is 11.3 Å². The molecule has 3 rings (SSSR count). The van der Waals surface area contributed by atoms with E-state index < -0.39 is 0 Å². The topological polar surface area (TPSA) is 42.2 Å². The summed E-state index contributed by atoms with van der Waals surface area (Å²) >= 11 is 3.61. The molecule has 3 nitrogen and oxygen atoms in total. The maximum atomic E-state index is 6.23. The molecule has 0 radical (unpaired) electrons. The first-order valence-corrected chi connectivity index (χ1v) is 8.89. The molecule has 2 aromatic rings. The average Bonchev–Trinajstić information content (AvgIpc) is 3.05. The van der Waals surface area contributed by atoms with Crippen molar-refractivity contribution >= 4 is 27.8 Å². The van der Waals surface area contributed by atoms with E-state index in [-0.39, 0.29) is 6.04 Å². The van der Waals surface area contributed by atoms with E-state index in [0.29, 0.717) is 6.04 Å². The zero-order valence-electron chi connectivity index (χ0n) is 12.0. The predicted octanol–water partition coefficient (Wildman–Crippen LogP) is 3.96. The molecule has 1 atom stereocenters. The Labute approximate surface area is 128 Å². The molecular weight excluding hydrogens is 286 g/mol. The van der Waals surface area contributed by atoms with Crippen LogP contribution < -0.4 is 10.6 Å². The van der Waals surface area contributed by atoms with Crippen molar-refractivity contribution in [3.63, 3.8) is 0 Å². The van der Waals surface area contributed by atoms with Crippen LogP contribution >= 0.6 is 22.7 Å². The van der Waals surface area contributed by atoms with Gasteiger partial charge in [-0.2, -0.15) is 0 Å². The van der Waals surface area contributed by atoms with Gasteiger partial charge in [0.05, 0.1) is 12.2 Å². The fourth-order valence-corrected chi connectivity index (χ4v) is 4.59. The Morgan fingerprint density at radius 3 is 3.00 bits per heavy atom. The number of fused-ring (bicyclic) bond motifs is 1. The summed E-state index contributed by atoms with van der Waals surface area (Å²) in [6, 6.07) is 4.95. The summed E-state index contributed by atoms with van der Waals surface area (Å²) < 4.78 is 0. The molecule has 0 aromatic carbocycles. The number of aryl methyl sites for hydroxylation is 1. The number of aromatic nitrogens is 1. The zero-order chi connectivity index (χ0) is 14.1. The Hall–Kier alpha value is -0.910. The van der Waals surface area contributed by atoms with Crippen molar-refractivity contribution in [2.45, 2.75) is 51.7 Å². The first kappa shape index (κ1) is 14.0. The van der Waals surface area contributed by atoms with Crippen molar-refractivity contribution in [1.82, 2.24) is 4.98 Å². The van der Waals surface area contributed by atoms with Gasteiger partial charge in [-0.1, -0.05) is 17.4 Å². The van der Waals surface area contributed by atoms with Crippen LogP contribution in [0.4, 0.5) is 5.13 Å². The van der Waals surface area contributed by atoms with Gasteiger partial charge in [0, 0.05) is 21.8 Å². The number of thiazole rings is 1. The summed E-state index contributed by atoms with van der Waals surface area (Å²) in [6.07, 6.45) is 3.36. The van der Waals surface area contributed by atoms with Crippen molar-refractivity contribution in [2.75, 3.05) is 4.90 Å². The fraction of sp³-hybridized carbons (Fsp3) is 0.533. The Balaban J connectivity index is 1.88. The smallest absolute Gasteiger partial charge is 0.186 e. The van der Waals surface area contributed by atoms with E-state index in [1.54, 1.807) is 11.3 Å². The van der Waals surface area contributed by atoms with Crippen molar-refractivity contribution in [1.29, 1.82) is 0 Å². The lowest BCUT2D eigenvalue weighted by Crippen LogP contribution is -2.29. The van der Waals surface area contributed by atoms with Gasteiger partial charge in [-0.25, -0.2) is 4.98 Å². The minimum Gasteiger partial charge on any atom is -0.341 e. The van der Waals surface area contributed by atoms with E-state index >= 15 is 0 Å². The van der Waals surface area contributed by atoms with Crippen molar-refractivity contribution in [2.24, 2.45) is 5.73 Å². The summed E-state index contributed by atoms with van der Waals surface area (Å²) in [6.45, 7) is 5.40. The first-order valence-electron chi connectivity index (χ1n) is 7.19. The zero-order valence-corrected chi connectivity index (χ0v) is 13.6. The molecule has 2 heterocycles. The third kappa shape index (κ3) is 2.75. The molecule has 1 unspecified atom stereocenters. The van der Waals surface area contributed by atoms with E-state index in [2.05, 4.69) is 36.3 Å². The Kier molecular flexibility index (Phi) is 4.10. The molecule has 20 heavy (non-hydrogen) atoms. The number of hydrogen-bond acceptors (Lipinski definition) is 5. The molecule has 2 aromatic heterocycles. The third-order valence-electron chi connectivity index (χ3n) is 3.76. The molecule has 2 N–H and O–H groups in total. The van der Waals surface area contributed by atoms with Crippen molar-refractivity contribution < 1.29 is 0 Å². The Morgan fingerprint density at radius 2 is 2.35 bits per heavy atom. The third-order valence-corrected chi connectivity index (χ3v) is 5.88. The van der Waals surface area contributed by atoms with Crippen LogP contribution in [0.15, 0.2) is 17.5 Å². The lowest BCUT2D eigenvalue weighted by molar-refractivity contribution is 0.573. The molecule has 0 amide bonds. The molecule has 108 valence electrons. The highest BCUT2D eigenvalue weighted by atomic mass is 32.1. The normalized spacial score (nSPS) is 18.3. The second kappa shape index (κ2) is 5.84. The van der Waals surface area contributed by atoms with E-state index in [1.807, 2.05) is 11.3 Å². The monoisotopic (exact) mass is 307 g/mol. The van der Waals surface area contributed by atoms with Crippen LogP contribution in [0.2, 0.25) is 0 Å². The Bertz CT molecular complexity index is 560.